The van der Waals surface area contributed by atoms with Gasteiger partial charge >= 0.3 is 0 Å². The second-order valence-corrected chi connectivity index (χ2v) is 6.34. The van der Waals surface area contributed by atoms with Crippen LogP contribution in [-0.4, -0.2) is 11.4 Å². The molecular weight excluding hydrogens is 268 g/mol. The van der Waals surface area contributed by atoms with Crippen LogP contribution in [0.1, 0.15) is 42.0 Å². The summed E-state index contributed by atoms with van der Waals surface area (Å²) in [6, 6.07) is 14.7. The summed E-state index contributed by atoms with van der Waals surface area (Å²) in [5.74, 6) is 0.587. The Morgan fingerprint density at radius 3 is 2.73 bits per heavy atom. The maximum absolute atomic E-state index is 7.30. The molecule has 0 N–H and O–H groups in total. The summed E-state index contributed by atoms with van der Waals surface area (Å²) >= 11 is 0. The van der Waals surface area contributed by atoms with Crippen LogP contribution in [0.15, 0.2) is 42.5 Å². The molecule has 0 bridgehead atoms. The number of nitrogens with zero attached hydrogens (tertiary/aromatic N) is 2. The lowest BCUT2D eigenvalue weighted by Gasteiger charge is -2.31. The van der Waals surface area contributed by atoms with Gasteiger partial charge < -0.3 is 0 Å². The van der Waals surface area contributed by atoms with Gasteiger partial charge in [-0.05, 0) is 34.6 Å². The van der Waals surface area contributed by atoms with Crippen LogP contribution >= 0.6 is 0 Å². The SMILES string of the molecule is [C-]#[N+]c1ccccc1CN1CCc2c(cccc2C(C)C)C1. The third-order valence-corrected chi connectivity index (χ3v) is 4.51. The van der Waals surface area contributed by atoms with Crippen LogP contribution in [0.3, 0.4) is 0 Å². The van der Waals surface area contributed by atoms with E-state index in [4.69, 9.17) is 6.57 Å². The van der Waals surface area contributed by atoms with Crippen molar-refractivity contribution in [2.45, 2.75) is 39.3 Å². The van der Waals surface area contributed by atoms with Crippen LogP contribution in [-0.2, 0) is 19.5 Å². The Bertz CT molecular complexity index is 710. The minimum Gasteiger partial charge on any atom is -0.296 e. The predicted octanol–water partition coefficient (Wildman–Crippen LogP) is 4.92. The van der Waals surface area contributed by atoms with E-state index < -0.39 is 0 Å². The lowest BCUT2D eigenvalue weighted by Crippen LogP contribution is -2.30. The fraction of sp³-hybridized carbons (Fsp3) is 0.350. The molecule has 0 unspecified atom stereocenters. The van der Waals surface area contributed by atoms with Crippen molar-refractivity contribution < 1.29 is 0 Å². The number of para-hydroxylation sites is 1. The molecule has 2 aromatic rings. The van der Waals surface area contributed by atoms with E-state index in [9.17, 15) is 0 Å². The zero-order valence-electron chi connectivity index (χ0n) is 13.3. The molecular formula is C20H22N2. The van der Waals surface area contributed by atoms with Gasteiger partial charge in [-0.2, -0.15) is 0 Å². The van der Waals surface area contributed by atoms with Crippen molar-refractivity contribution in [3.8, 4) is 0 Å². The Morgan fingerprint density at radius 2 is 1.95 bits per heavy atom. The molecule has 2 heteroatoms. The van der Waals surface area contributed by atoms with Gasteiger partial charge in [0, 0.05) is 19.6 Å². The molecule has 0 aliphatic carbocycles. The lowest BCUT2D eigenvalue weighted by molar-refractivity contribution is 0.245. The number of hydrogen-bond donors (Lipinski definition) is 0. The maximum atomic E-state index is 7.30. The molecule has 3 rings (SSSR count). The van der Waals surface area contributed by atoms with Gasteiger partial charge in [0.1, 0.15) is 0 Å². The normalized spacial score (nSPS) is 14.6. The number of fused-ring (bicyclic) bond motifs is 1. The fourth-order valence-electron chi connectivity index (χ4n) is 3.37. The predicted molar refractivity (Wildman–Crippen MR) is 91.1 cm³/mol. The minimum absolute atomic E-state index is 0.587. The monoisotopic (exact) mass is 290 g/mol. The third-order valence-electron chi connectivity index (χ3n) is 4.51. The van der Waals surface area contributed by atoms with Crippen molar-refractivity contribution in [1.29, 1.82) is 0 Å². The van der Waals surface area contributed by atoms with E-state index in [1.807, 2.05) is 18.2 Å². The van der Waals surface area contributed by atoms with Gasteiger partial charge in [-0.1, -0.05) is 56.3 Å². The smallest absolute Gasteiger partial charge is 0.191 e. The van der Waals surface area contributed by atoms with Crippen molar-refractivity contribution in [2.75, 3.05) is 6.54 Å². The van der Waals surface area contributed by atoms with Gasteiger partial charge in [-0.15, -0.1) is 0 Å². The molecule has 2 nitrogen and oxygen atoms in total. The average Bonchev–Trinajstić information content (AvgIpc) is 2.54. The van der Waals surface area contributed by atoms with Gasteiger partial charge in [-0.3, -0.25) is 4.90 Å². The highest BCUT2D eigenvalue weighted by molar-refractivity contribution is 5.52. The number of benzene rings is 2. The molecule has 1 aliphatic rings. The Labute approximate surface area is 133 Å². The zero-order chi connectivity index (χ0) is 15.5. The second kappa shape index (κ2) is 6.34. The average molecular weight is 290 g/mol. The van der Waals surface area contributed by atoms with Crippen molar-refractivity contribution in [3.05, 3.63) is 76.1 Å². The van der Waals surface area contributed by atoms with E-state index in [0.29, 0.717) is 5.92 Å². The van der Waals surface area contributed by atoms with E-state index in [-0.39, 0.29) is 0 Å². The molecule has 0 amide bonds. The van der Waals surface area contributed by atoms with Gasteiger partial charge in [0.05, 0.1) is 6.57 Å². The summed E-state index contributed by atoms with van der Waals surface area (Å²) in [6.45, 7) is 14.8. The highest BCUT2D eigenvalue weighted by Crippen LogP contribution is 2.29. The summed E-state index contributed by atoms with van der Waals surface area (Å²) in [5.41, 5.74) is 6.42. The van der Waals surface area contributed by atoms with E-state index in [1.54, 1.807) is 5.56 Å². The molecule has 2 aromatic carbocycles. The molecule has 0 fully saturated rings. The quantitative estimate of drug-likeness (QED) is 0.728. The first-order valence-electron chi connectivity index (χ1n) is 7.97. The summed E-state index contributed by atoms with van der Waals surface area (Å²) in [6.07, 6.45) is 1.11. The summed E-state index contributed by atoms with van der Waals surface area (Å²) in [7, 11) is 0. The maximum Gasteiger partial charge on any atom is 0.191 e. The minimum atomic E-state index is 0.587. The number of hydrogen-bond acceptors (Lipinski definition) is 1. The van der Waals surface area contributed by atoms with Crippen molar-refractivity contribution in [2.24, 2.45) is 0 Å². The molecule has 0 saturated heterocycles. The molecule has 0 radical (unpaired) electrons. The Kier molecular flexibility index (Phi) is 4.27. The van der Waals surface area contributed by atoms with Gasteiger partial charge in [0.15, 0.2) is 5.69 Å². The van der Waals surface area contributed by atoms with E-state index in [2.05, 4.69) is 47.9 Å². The highest BCUT2D eigenvalue weighted by atomic mass is 15.1. The Hall–Kier alpha value is -2.11. The first kappa shape index (κ1) is 14.8. The topological polar surface area (TPSA) is 7.60 Å². The largest absolute Gasteiger partial charge is 0.296 e. The molecule has 0 saturated carbocycles. The van der Waals surface area contributed by atoms with Crippen LogP contribution in [0.2, 0.25) is 0 Å². The van der Waals surface area contributed by atoms with Gasteiger partial charge in [-0.25, -0.2) is 4.85 Å². The number of rotatable bonds is 3. The van der Waals surface area contributed by atoms with E-state index >= 15 is 0 Å². The Morgan fingerprint density at radius 1 is 1.14 bits per heavy atom. The molecule has 0 spiro atoms. The van der Waals surface area contributed by atoms with Crippen molar-refractivity contribution in [1.82, 2.24) is 4.90 Å². The zero-order valence-corrected chi connectivity index (χ0v) is 13.3. The third kappa shape index (κ3) is 2.91. The fourth-order valence-corrected chi connectivity index (χ4v) is 3.37. The molecule has 0 atom stereocenters. The lowest BCUT2D eigenvalue weighted by atomic mass is 9.89. The molecule has 112 valence electrons. The first-order valence-corrected chi connectivity index (χ1v) is 7.97. The van der Waals surface area contributed by atoms with Crippen LogP contribution in [0.5, 0.6) is 0 Å². The van der Waals surface area contributed by atoms with Crippen LogP contribution in [0.4, 0.5) is 5.69 Å². The first-order chi connectivity index (χ1) is 10.7. The van der Waals surface area contributed by atoms with E-state index in [1.165, 1.54) is 11.1 Å². The van der Waals surface area contributed by atoms with Crippen LogP contribution in [0, 0.1) is 6.57 Å². The molecule has 1 aliphatic heterocycles. The van der Waals surface area contributed by atoms with Crippen molar-refractivity contribution in [3.63, 3.8) is 0 Å². The summed E-state index contributed by atoms with van der Waals surface area (Å²) in [5, 5.41) is 0. The Balaban J connectivity index is 1.81. The second-order valence-electron chi connectivity index (χ2n) is 6.34. The standard InChI is InChI=1S/C20H22N2/c1-15(2)18-9-6-8-16-13-22(12-11-19(16)18)14-17-7-4-5-10-20(17)21-3/h4-10,15H,11-14H2,1-2H3. The molecule has 22 heavy (non-hydrogen) atoms. The summed E-state index contributed by atoms with van der Waals surface area (Å²) < 4.78 is 0. The van der Waals surface area contributed by atoms with Crippen molar-refractivity contribution >= 4 is 5.69 Å². The molecule has 0 aromatic heterocycles. The van der Waals surface area contributed by atoms with Gasteiger partial charge in [0.2, 0.25) is 0 Å². The van der Waals surface area contributed by atoms with Crippen LogP contribution < -0.4 is 0 Å². The molecule has 1 heterocycles. The van der Waals surface area contributed by atoms with Crippen LogP contribution in [0.25, 0.3) is 4.85 Å². The summed E-state index contributed by atoms with van der Waals surface area (Å²) in [4.78, 5) is 6.10. The van der Waals surface area contributed by atoms with E-state index in [0.717, 1.165) is 37.3 Å². The highest BCUT2D eigenvalue weighted by Gasteiger charge is 2.20. The van der Waals surface area contributed by atoms with Gasteiger partial charge in [0.25, 0.3) is 0 Å².